The van der Waals surface area contributed by atoms with Gasteiger partial charge >= 0.3 is 0 Å². The summed E-state index contributed by atoms with van der Waals surface area (Å²) in [6.45, 7) is 2.76. The van der Waals surface area contributed by atoms with Crippen molar-refractivity contribution < 1.29 is 4.79 Å². The first kappa shape index (κ1) is 19.9. The number of benzene rings is 2. The van der Waals surface area contributed by atoms with Gasteiger partial charge in [0.25, 0.3) is 5.91 Å². The van der Waals surface area contributed by atoms with Gasteiger partial charge in [0, 0.05) is 30.9 Å². The molecule has 0 atom stereocenters. The zero-order chi connectivity index (χ0) is 21.1. The predicted molar refractivity (Wildman–Crippen MR) is 117 cm³/mol. The second-order valence-corrected chi connectivity index (χ2v) is 7.47. The summed E-state index contributed by atoms with van der Waals surface area (Å²) in [5, 5.41) is 12.3. The van der Waals surface area contributed by atoms with Crippen molar-refractivity contribution in [1.82, 2.24) is 24.9 Å². The van der Waals surface area contributed by atoms with Crippen LogP contribution in [0.3, 0.4) is 0 Å². The Balaban J connectivity index is 1.60. The molecule has 1 amide bonds. The fourth-order valence-electron chi connectivity index (χ4n) is 3.43. The number of aromatic nitrogens is 4. The largest absolute Gasteiger partial charge is 0.348 e. The summed E-state index contributed by atoms with van der Waals surface area (Å²) in [4.78, 5) is 12.7. The monoisotopic (exact) mass is 419 g/mol. The van der Waals surface area contributed by atoms with Crippen molar-refractivity contribution in [3.63, 3.8) is 0 Å². The van der Waals surface area contributed by atoms with Crippen molar-refractivity contribution in [2.24, 2.45) is 7.05 Å². The van der Waals surface area contributed by atoms with Crippen LogP contribution >= 0.6 is 11.6 Å². The van der Waals surface area contributed by atoms with Gasteiger partial charge in [0.05, 0.1) is 23.5 Å². The lowest BCUT2D eigenvalue weighted by molar-refractivity contribution is 0.0950. The van der Waals surface area contributed by atoms with Crippen LogP contribution in [0.2, 0.25) is 5.15 Å². The Morgan fingerprint density at radius 2 is 1.70 bits per heavy atom. The molecule has 152 valence electrons. The Morgan fingerprint density at radius 1 is 1.03 bits per heavy atom. The molecule has 0 saturated heterocycles. The highest BCUT2D eigenvalue weighted by Crippen LogP contribution is 2.23. The highest BCUT2D eigenvalue weighted by atomic mass is 35.5. The number of halogens is 1. The molecule has 0 saturated carbocycles. The molecular formula is C23H22ClN5O. The van der Waals surface area contributed by atoms with Crippen LogP contribution in [0.4, 0.5) is 0 Å². The van der Waals surface area contributed by atoms with Gasteiger partial charge < -0.3 is 5.32 Å². The van der Waals surface area contributed by atoms with Gasteiger partial charge in [0.1, 0.15) is 5.15 Å². The number of nitrogens with one attached hydrogen (secondary N) is 1. The molecule has 0 fully saturated rings. The van der Waals surface area contributed by atoms with Gasteiger partial charge in [-0.2, -0.15) is 10.2 Å². The van der Waals surface area contributed by atoms with E-state index in [1.54, 1.807) is 14.0 Å². The maximum atomic E-state index is 12.7. The van der Waals surface area contributed by atoms with Crippen molar-refractivity contribution in [2.45, 2.75) is 20.0 Å². The van der Waals surface area contributed by atoms with E-state index in [0.717, 1.165) is 22.4 Å². The van der Waals surface area contributed by atoms with E-state index in [0.29, 0.717) is 29.5 Å². The number of amides is 1. The van der Waals surface area contributed by atoms with E-state index < -0.39 is 0 Å². The smallest absolute Gasteiger partial charge is 0.256 e. The zero-order valence-corrected chi connectivity index (χ0v) is 17.6. The maximum Gasteiger partial charge on any atom is 0.256 e. The molecule has 6 nitrogen and oxygen atoms in total. The molecule has 0 radical (unpaired) electrons. The average Bonchev–Trinajstić information content (AvgIpc) is 3.27. The van der Waals surface area contributed by atoms with Gasteiger partial charge in [-0.05, 0) is 12.5 Å². The predicted octanol–water partition coefficient (Wildman–Crippen LogP) is 4.22. The number of carbonyl (C=O) groups excluding carboxylic acids is 1. The van der Waals surface area contributed by atoms with Gasteiger partial charge in [-0.3, -0.25) is 14.2 Å². The maximum absolute atomic E-state index is 12.7. The minimum Gasteiger partial charge on any atom is -0.348 e. The SMILES string of the molecule is Cc1nn(C)c(Cl)c1C(=O)NCc1cn(Cc2ccccc2)nc1-c1ccccc1. The first-order chi connectivity index (χ1) is 14.5. The Kier molecular flexibility index (Phi) is 5.68. The fraction of sp³-hybridized carbons (Fsp3) is 0.174. The standard InChI is InChI=1S/C23H22ClN5O/c1-16-20(22(24)28(2)26-16)23(30)25-13-19-15-29(14-17-9-5-3-6-10-17)27-21(19)18-11-7-4-8-12-18/h3-12,15H,13-14H2,1-2H3,(H,25,30). The van der Waals surface area contributed by atoms with Crippen molar-refractivity contribution in [2.75, 3.05) is 0 Å². The lowest BCUT2D eigenvalue weighted by atomic mass is 10.1. The lowest BCUT2D eigenvalue weighted by Gasteiger charge is -2.06. The third kappa shape index (κ3) is 4.14. The Bertz CT molecular complexity index is 1170. The summed E-state index contributed by atoms with van der Waals surface area (Å²) >= 11 is 6.24. The van der Waals surface area contributed by atoms with Crippen molar-refractivity contribution in [3.05, 3.63) is 94.4 Å². The second kappa shape index (κ2) is 8.55. The third-order valence-corrected chi connectivity index (χ3v) is 5.32. The lowest BCUT2D eigenvalue weighted by Crippen LogP contribution is -2.23. The Hall–Kier alpha value is -3.38. The first-order valence-corrected chi connectivity index (χ1v) is 10.0. The van der Waals surface area contributed by atoms with Crippen LogP contribution in [0, 0.1) is 6.92 Å². The molecule has 30 heavy (non-hydrogen) atoms. The van der Waals surface area contributed by atoms with Crippen LogP contribution < -0.4 is 5.32 Å². The van der Waals surface area contributed by atoms with Crippen molar-refractivity contribution >= 4 is 17.5 Å². The van der Waals surface area contributed by atoms with Gasteiger partial charge in [0.15, 0.2) is 0 Å². The Labute approximate surface area is 180 Å². The molecular weight excluding hydrogens is 398 g/mol. The molecule has 0 aliphatic carbocycles. The summed E-state index contributed by atoms with van der Waals surface area (Å²) in [5.74, 6) is -0.250. The van der Waals surface area contributed by atoms with E-state index in [2.05, 4.69) is 22.5 Å². The van der Waals surface area contributed by atoms with E-state index in [1.165, 1.54) is 4.68 Å². The number of carbonyl (C=O) groups is 1. The molecule has 2 aromatic heterocycles. The van der Waals surface area contributed by atoms with Crippen LogP contribution in [0.25, 0.3) is 11.3 Å². The third-order valence-electron chi connectivity index (χ3n) is 4.89. The summed E-state index contributed by atoms with van der Waals surface area (Å²) in [5.41, 5.74) is 4.95. The minimum atomic E-state index is -0.250. The van der Waals surface area contributed by atoms with E-state index >= 15 is 0 Å². The second-order valence-electron chi connectivity index (χ2n) is 7.11. The number of nitrogens with zero attached hydrogens (tertiary/aromatic N) is 4. The highest BCUT2D eigenvalue weighted by molar-refractivity contribution is 6.33. The average molecular weight is 420 g/mol. The molecule has 2 heterocycles. The Morgan fingerprint density at radius 3 is 2.33 bits per heavy atom. The zero-order valence-electron chi connectivity index (χ0n) is 16.8. The number of hydrogen-bond acceptors (Lipinski definition) is 3. The summed E-state index contributed by atoms with van der Waals surface area (Å²) in [6, 6.07) is 20.1. The van der Waals surface area contributed by atoms with Crippen LogP contribution in [0.1, 0.15) is 27.2 Å². The van der Waals surface area contributed by atoms with E-state index in [9.17, 15) is 4.79 Å². The van der Waals surface area contributed by atoms with Crippen LogP contribution in [0.5, 0.6) is 0 Å². The molecule has 0 unspecified atom stereocenters. The van der Waals surface area contributed by atoms with Gasteiger partial charge in [-0.25, -0.2) is 0 Å². The number of rotatable bonds is 6. The molecule has 4 rings (SSSR count). The van der Waals surface area contributed by atoms with Crippen molar-refractivity contribution in [3.8, 4) is 11.3 Å². The summed E-state index contributed by atoms with van der Waals surface area (Å²) < 4.78 is 3.40. The fourth-order valence-corrected chi connectivity index (χ4v) is 3.69. The molecule has 4 aromatic rings. The summed E-state index contributed by atoms with van der Waals surface area (Å²) in [7, 11) is 1.72. The normalized spacial score (nSPS) is 10.9. The molecule has 0 aliphatic rings. The molecule has 7 heteroatoms. The molecule has 1 N–H and O–H groups in total. The van der Waals surface area contributed by atoms with E-state index in [4.69, 9.17) is 16.7 Å². The number of aryl methyl sites for hydroxylation is 2. The first-order valence-electron chi connectivity index (χ1n) is 9.66. The molecule has 2 aromatic carbocycles. The van der Waals surface area contributed by atoms with E-state index in [-0.39, 0.29) is 5.91 Å². The van der Waals surface area contributed by atoms with Crippen LogP contribution in [-0.2, 0) is 20.1 Å². The molecule has 0 aliphatic heterocycles. The summed E-state index contributed by atoms with van der Waals surface area (Å²) in [6.07, 6.45) is 1.98. The van der Waals surface area contributed by atoms with Crippen LogP contribution in [0.15, 0.2) is 66.9 Å². The molecule has 0 bridgehead atoms. The van der Waals surface area contributed by atoms with Crippen LogP contribution in [-0.4, -0.2) is 25.5 Å². The topological polar surface area (TPSA) is 64.7 Å². The van der Waals surface area contributed by atoms with Crippen molar-refractivity contribution in [1.29, 1.82) is 0 Å². The molecule has 0 spiro atoms. The highest BCUT2D eigenvalue weighted by Gasteiger charge is 2.20. The van der Waals surface area contributed by atoms with Gasteiger partial charge in [-0.1, -0.05) is 72.3 Å². The number of hydrogen-bond donors (Lipinski definition) is 1. The van der Waals surface area contributed by atoms with Gasteiger partial charge in [-0.15, -0.1) is 0 Å². The quantitative estimate of drug-likeness (QED) is 0.508. The minimum absolute atomic E-state index is 0.250. The van der Waals surface area contributed by atoms with Gasteiger partial charge in [0.2, 0.25) is 0 Å². The van der Waals surface area contributed by atoms with E-state index in [1.807, 2.05) is 59.4 Å².